The zero-order valence-electron chi connectivity index (χ0n) is 8.41. The number of nitrogens with two attached hydrogens (primary N) is 1. The van der Waals surface area contributed by atoms with Crippen LogP contribution in [0.3, 0.4) is 0 Å². The number of rotatable bonds is 1. The molecule has 0 aliphatic carbocycles. The number of nitrogens with zero attached hydrogens (tertiary/aromatic N) is 4. The Kier molecular flexibility index (Phi) is 1.83. The van der Waals surface area contributed by atoms with Gasteiger partial charge in [0.1, 0.15) is 0 Å². The minimum Gasteiger partial charge on any atom is -0.382 e. The van der Waals surface area contributed by atoms with E-state index in [-0.39, 0.29) is 0 Å². The maximum atomic E-state index is 5.89. The quantitative estimate of drug-likeness (QED) is 0.660. The number of pyridine rings is 1. The summed E-state index contributed by atoms with van der Waals surface area (Å²) in [5, 5.41) is 12.1. The lowest BCUT2D eigenvalue weighted by molar-refractivity contribution is 0.968. The Morgan fingerprint density at radius 2 is 2.06 bits per heavy atom. The van der Waals surface area contributed by atoms with Gasteiger partial charge in [-0.2, -0.15) is 10.2 Å². The van der Waals surface area contributed by atoms with Crippen molar-refractivity contribution in [1.29, 1.82) is 0 Å². The van der Waals surface area contributed by atoms with Gasteiger partial charge in [-0.15, -0.1) is 5.10 Å². The van der Waals surface area contributed by atoms with Crippen molar-refractivity contribution in [1.82, 2.24) is 19.8 Å². The van der Waals surface area contributed by atoms with E-state index in [1.165, 1.54) is 0 Å². The number of anilines is 1. The predicted molar refractivity (Wildman–Crippen MR) is 60.6 cm³/mol. The minimum atomic E-state index is 0.465. The summed E-state index contributed by atoms with van der Waals surface area (Å²) in [4.78, 5) is 0. The first-order valence-electron chi connectivity index (χ1n) is 4.87. The highest BCUT2D eigenvalue weighted by Gasteiger charge is 2.12. The van der Waals surface area contributed by atoms with Gasteiger partial charge in [-0.05, 0) is 24.3 Å². The second-order valence-electron chi connectivity index (χ2n) is 3.40. The molecule has 0 amide bonds. The molecule has 3 heterocycles. The van der Waals surface area contributed by atoms with Crippen molar-refractivity contribution in [2.45, 2.75) is 0 Å². The van der Waals surface area contributed by atoms with Crippen molar-refractivity contribution >= 4 is 11.3 Å². The first-order chi connectivity index (χ1) is 7.86. The van der Waals surface area contributed by atoms with Crippen molar-refractivity contribution in [3.8, 4) is 11.3 Å². The lowest BCUT2D eigenvalue weighted by Crippen LogP contribution is -1.90. The van der Waals surface area contributed by atoms with Crippen LogP contribution in [0.1, 0.15) is 0 Å². The van der Waals surface area contributed by atoms with E-state index in [0.29, 0.717) is 5.82 Å². The molecule has 5 nitrogen and oxygen atoms in total. The molecule has 0 saturated carbocycles. The second kappa shape index (κ2) is 3.30. The summed E-state index contributed by atoms with van der Waals surface area (Å²) in [6.07, 6.45) is 3.48. The zero-order valence-corrected chi connectivity index (χ0v) is 8.41. The van der Waals surface area contributed by atoms with E-state index in [1.807, 2.05) is 36.5 Å². The Morgan fingerprint density at radius 1 is 1.12 bits per heavy atom. The smallest absolute Gasteiger partial charge is 0.156 e. The van der Waals surface area contributed by atoms with Crippen molar-refractivity contribution in [2.75, 3.05) is 5.73 Å². The molecule has 0 aliphatic rings. The largest absolute Gasteiger partial charge is 0.382 e. The van der Waals surface area contributed by atoms with Gasteiger partial charge in [0.05, 0.1) is 16.8 Å². The molecule has 0 aromatic carbocycles. The molecular weight excluding hydrogens is 202 g/mol. The fourth-order valence-corrected chi connectivity index (χ4v) is 1.71. The first-order valence-corrected chi connectivity index (χ1v) is 4.87. The Hall–Kier alpha value is -2.43. The van der Waals surface area contributed by atoms with Gasteiger partial charge in [0.2, 0.25) is 0 Å². The van der Waals surface area contributed by atoms with Crippen LogP contribution in [0.25, 0.3) is 16.8 Å². The fourth-order valence-electron chi connectivity index (χ4n) is 1.71. The summed E-state index contributed by atoms with van der Waals surface area (Å²) in [7, 11) is 0. The molecular formula is C11H9N5. The number of nitrogen functional groups attached to an aromatic ring is 1. The Labute approximate surface area is 91.5 Å². The van der Waals surface area contributed by atoms with E-state index >= 15 is 0 Å². The van der Waals surface area contributed by atoms with Crippen LogP contribution in [0.4, 0.5) is 5.82 Å². The normalized spacial score (nSPS) is 10.8. The SMILES string of the molecule is Nc1nn2ccccc2c1-c1cccnn1. The van der Waals surface area contributed by atoms with Gasteiger partial charge in [-0.25, -0.2) is 4.52 Å². The van der Waals surface area contributed by atoms with Crippen molar-refractivity contribution in [2.24, 2.45) is 0 Å². The third-order valence-corrected chi connectivity index (χ3v) is 2.40. The summed E-state index contributed by atoms with van der Waals surface area (Å²) in [5.74, 6) is 0.465. The van der Waals surface area contributed by atoms with E-state index in [4.69, 9.17) is 5.73 Å². The minimum absolute atomic E-state index is 0.465. The number of fused-ring (bicyclic) bond motifs is 1. The molecule has 0 atom stereocenters. The maximum Gasteiger partial charge on any atom is 0.156 e. The van der Waals surface area contributed by atoms with Gasteiger partial charge in [-0.1, -0.05) is 6.07 Å². The maximum absolute atomic E-state index is 5.89. The van der Waals surface area contributed by atoms with Gasteiger partial charge >= 0.3 is 0 Å². The van der Waals surface area contributed by atoms with Crippen LogP contribution >= 0.6 is 0 Å². The predicted octanol–water partition coefficient (Wildman–Crippen LogP) is 1.37. The molecule has 0 fully saturated rings. The van der Waals surface area contributed by atoms with Crippen LogP contribution in [0.2, 0.25) is 0 Å². The van der Waals surface area contributed by atoms with Gasteiger partial charge in [0.15, 0.2) is 5.82 Å². The third kappa shape index (κ3) is 1.22. The molecule has 0 spiro atoms. The summed E-state index contributed by atoms with van der Waals surface area (Å²) in [6.45, 7) is 0. The average molecular weight is 211 g/mol. The first kappa shape index (κ1) is 8.84. The van der Waals surface area contributed by atoms with Crippen molar-refractivity contribution in [3.05, 3.63) is 42.7 Å². The van der Waals surface area contributed by atoms with Crippen molar-refractivity contribution < 1.29 is 0 Å². The number of hydrogen-bond acceptors (Lipinski definition) is 4. The monoisotopic (exact) mass is 211 g/mol. The lowest BCUT2D eigenvalue weighted by atomic mass is 10.2. The van der Waals surface area contributed by atoms with Crippen LogP contribution in [0.15, 0.2) is 42.7 Å². The second-order valence-corrected chi connectivity index (χ2v) is 3.40. The van der Waals surface area contributed by atoms with Crippen LogP contribution in [0.5, 0.6) is 0 Å². The molecule has 78 valence electrons. The highest BCUT2D eigenvalue weighted by atomic mass is 15.2. The third-order valence-electron chi connectivity index (χ3n) is 2.40. The van der Waals surface area contributed by atoms with Crippen LogP contribution < -0.4 is 5.73 Å². The summed E-state index contributed by atoms with van der Waals surface area (Å²) in [6, 6.07) is 9.49. The topological polar surface area (TPSA) is 69.1 Å². The average Bonchev–Trinajstić information content (AvgIpc) is 2.66. The van der Waals surface area contributed by atoms with E-state index in [0.717, 1.165) is 16.8 Å². The van der Waals surface area contributed by atoms with Gasteiger partial charge in [-0.3, -0.25) is 0 Å². The van der Waals surface area contributed by atoms with Gasteiger partial charge in [0.25, 0.3) is 0 Å². The van der Waals surface area contributed by atoms with Crippen LogP contribution in [-0.2, 0) is 0 Å². The molecule has 0 bridgehead atoms. The fraction of sp³-hybridized carbons (Fsp3) is 0. The number of hydrogen-bond donors (Lipinski definition) is 1. The molecule has 0 aliphatic heterocycles. The molecule has 0 saturated heterocycles. The van der Waals surface area contributed by atoms with E-state index < -0.39 is 0 Å². The summed E-state index contributed by atoms with van der Waals surface area (Å²) in [5.41, 5.74) is 8.38. The van der Waals surface area contributed by atoms with Crippen LogP contribution in [0, 0.1) is 0 Å². The Balaban J connectivity index is 2.35. The lowest BCUT2D eigenvalue weighted by Gasteiger charge is -1.97. The van der Waals surface area contributed by atoms with Gasteiger partial charge in [0, 0.05) is 12.4 Å². The molecule has 3 rings (SSSR count). The Bertz CT molecular complexity index is 629. The molecule has 3 aromatic rings. The molecule has 3 aromatic heterocycles. The molecule has 2 N–H and O–H groups in total. The zero-order chi connectivity index (χ0) is 11.0. The Morgan fingerprint density at radius 3 is 2.88 bits per heavy atom. The molecule has 0 unspecified atom stereocenters. The van der Waals surface area contributed by atoms with E-state index in [1.54, 1.807) is 10.7 Å². The van der Waals surface area contributed by atoms with Gasteiger partial charge < -0.3 is 5.73 Å². The van der Waals surface area contributed by atoms with Crippen LogP contribution in [-0.4, -0.2) is 19.8 Å². The summed E-state index contributed by atoms with van der Waals surface area (Å²) < 4.78 is 1.74. The molecule has 0 radical (unpaired) electrons. The van der Waals surface area contributed by atoms with Crippen molar-refractivity contribution in [3.63, 3.8) is 0 Å². The molecule has 5 heteroatoms. The summed E-state index contributed by atoms with van der Waals surface area (Å²) >= 11 is 0. The van der Waals surface area contributed by atoms with E-state index in [9.17, 15) is 0 Å². The number of aromatic nitrogens is 4. The highest BCUT2D eigenvalue weighted by molar-refractivity contribution is 5.86. The van der Waals surface area contributed by atoms with E-state index in [2.05, 4.69) is 15.3 Å². The standard InChI is InChI=1S/C11H9N5/c12-11-10(8-4-3-6-13-14-8)9-5-1-2-7-16(9)15-11/h1-7H,(H2,12,15). The molecule has 16 heavy (non-hydrogen) atoms. The highest BCUT2D eigenvalue weighted by Crippen LogP contribution is 2.27.